The Morgan fingerprint density at radius 3 is 2.78 bits per heavy atom. The van der Waals surface area contributed by atoms with Gasteiger partial charge in [0.15, 0.2) is 0 Å². The Balaban J connectivity index is 1.94. The predicted octanol–water partition coefficient (Wildman–Crippen LogP) is 2.10. The van der Waals surface area contributed by atoms with Crippen molar-refractivity contribution in [1.29, 1.82) is 0 Å². The number of benzene rings is 1. The maximum absolute atomic E-state index is 12.0. The first-order valence-electron chi connectivity index (χ1n) is 7.22. The topological polar surface area (TPSA) is 97.4 Å². The zero-order valence-corrected chi connectivity index (χ0v) is 13.0. The Morgan fingerprint density at radius 1 is 1.43 bits per heavy atom. The lowest BCUT2D eigenvalue weighted by Gasteiger charge is -2.12. The Bertz CT molecular complexity index is 724. The molecule has 1 aromatic carbocycles. The number of aliphatic hydroxyl groups is 1. The molecule has 0 saturated heterocycles. The van der Waals surface area contributed by atoms with Crippen molar-refractivity contribution in [3.63, 3.8) is 0 Å². The van der Waals surface area contributed by atoms with E-state index in [1.165, 1.54) is 6.07 Å². The molecule has 0 saturated carbocycles. The van der Waals surface area contributed by atoms with E-state index in [9.17, 15) is 20.0 Å². The second kappa shape index (κ2) is 7.06. The van der Waals surface area contributed by atoms with Crippen LogP contribution in [0.5, 0.6) is 0 Å². The quantitative estimate of drug-likeness (QED) is 0.629. The van der Waals surface area contributed by atoms with Crippen LogP contribution in [0.2, 0.25) is 0 Å². The van der Waals surface area contributed by atoms with E-state index in [0.29, 0.717) is 12.0 Å². The standard InChI is InChI=1S/C16H19N3O4/c1-11-5-6-12(10-14(11)19(22)23)16(21)17-8-7-15(20)13-4-3-9-18(13)2/h3-6,9-10,15,20H,7-8H2,1-2H3,(H,17,21). The van der Waals surface area contributed by atoms with Gasteiger partial charge < -0.3 is 15.0 Å². The molecule has 0 radical (unpaired) electrons. The average Bonchev–Trinajstić information content (AvgIpc) is 2.93. The molecule has 2 aromatic rings. The molecule has 1 aromatic heterocycles. The molecule has 0 aliphatic rings. The van der Waals surface area contributed by atoms with Crippen LogP contribution in [0.25, 0.3) is 0 Å². The monoisotopic (exact) mass is 317 g/mol. The Morgan fingerprint density at radius 2 is 2.17 bits per heavy atom. The molecule has 0 aliphatic heterocycles. The van der Waals surface area contributed by atoms with Crippen molar-refractivity contribution >= 4 is 11.6 Å². The largest absolute Gasteiger partial charge is 0.387 e. The minimum Gasteiger partial charge on any atom is -0.387 e. The smallest absolute Gasteiger partial charge is 0.273 e. The molecule has 23 heavy (non-hydrogen) atoms. The van der Waals surface area contributed by atoms with E-state index in [4.69, 9.17) is 0 Å². The van der Waals surface area contributed by atoms with Gasteiger partial charge in [-0.1, -0.05) is 6.07 Å². The second-order valence-electron chi connectivity index (χ2n) is 5.36. The number of nitro groups is 1. The van der Waals surface area contributed by atoms with Crippen LogP contribution in [0.4, 0.5) is 5.69 Å². The number of carbonyl (C=O) groups excluding carboxylic acids is 1. The van der Waals surface area contributed by atoms with Crippen LogP contribution in [-0.2, 0) is 7.05 Å². The van der Waals surface area contributed by atoms with Gasteiger partial charge in [0.1, 0.15) is 0 Å². The van der Waals surface area contributed by atoms with Crippen molar-refractivity contribution in [2.75, 3.05) is 6.54 Å². The van der Waals surface area contributed by atoms with Gasteiger partial charge >= 0.3 is 0 Å². The lowest BCUT2D eigenvalue weighted by Crippen LogP contribution is -2.26. The van der Waals surface area contributed by atoms with Gasteiger partial charge in [0, 0.05) is 42.7 Å². The summed E-state index contributed by atoms with van der Waals surface area (Å²) in [5, 5.41) is 23.6. The molecule has 1 atom stereocenters. The van der Waals surface area contributed by atoms with Crippen molar-refractivity contribution in [2.24, 2.45) is 7.05 Å². The van der Waals surface area contributed by atoms with E-state index in [2.05, 4.69) is 5.32 Å². The second-order valence-corrected chi connectivity index (χ2v) is 5.36. The normalized spacial score (nSPS) is 12.0. The number of aliphatic hydroxyl groups excluding tert-OH is 1. The summed E-state index contributed by atoms with van der Waals surface area (Å²) in [5.41, 5.74) is 1.42. The molecule has 1 unspecified atom stereocenters. The van der Waals surface area contributed by atoms with E-state index in [0.717, 1.165) is 5.69 Å². The summed E-state index contributed by atoms with van der Waals surface area (Å²) in [4.78, 5) is 22.4. The number of nitro benzene ring substituents is 1. The first kappa shape index (κ1) is 16.7. The fourth-order valence-electron chi connectivity index (χ4n) is 2.34. The Labute approximate surface area is 133 Å². The molecule has 7 nitrogen and oxygen atoms in total. The van der Waals surface area contributed by atoms with Crippen molar-refractivity contribution in [3.8, 4) is 0 Å². The maximum atomic E-state index is 12.0. The highest BCUT2D eigenvalue weighted by atomic mass is 16.6. The number of hydrogen-bond acceptors (Lipinski definition) is 4. The summed E-state index contributed by atoms with van der Waals surface area (Å²) in [5.74, 6) is -0.396. The third kappa shape index (κ3) is 3.95. The van der Waals surface area contributed by atoms with Gasteiger partial charge in [0.2, 0.25) is 0 Å². The van der Waals surface area contributed by atoms with Crippen LogP contribution in [0.1, 0.15) is 34.1 Å². The van der Waals surface area contributed by atoms with Gasteiger partial charge in [-0.2, -0.15) is 0 Å². The van der Waals surface area contributed by atoms with Crippen LogP contribution in [-0.4, -0.2) is 27.0 Å². The summed E-state index contributed by atoms with van der Waals surface area (Å²) < 4.78 is 1.82. The third-order valence-corrected chi connectivity index (χ3v) is 3.70. The fourth-order valence-corrected chi connectivity index (χ4v) is 2.34. The first-order chi connectivity index (χ1) is 10.9. The summed E-state index contributed by atoms with van der Waals surface area (Å²) in [6.07, 6.45) is 1.52. The van der Waals surface area contributed by atoms with Gasteiger partial charge in [-0.25, -0.2) is 0 Å². The highest BCUT2D eigenvalue weighted by Gasteiger charge is 2.15. The first-order valence-corrected chi connectivity index (χ1v) is 7.22. The highest BCUT2D eigenvalue weighted by molar-refractivity contribution is 5.94. The number of nitrogens with one attached hydrogen (secondary N) is 1. The lowest BCUT2D eigenvalue weighted by atomic mass is 10.1. The lowest BCUT2D eigenvalue weighted by molar-refractivity contribution is -0.385. The minimum atomic E-state index is -0.678. The van der Waals surface area contributed by atoms with E-state index >= 15 is 0 Å². The molecule has 1 heterocycles. The van der Waals surface area contributed by atoms with Crippen LogP contribution in [0.3, 0.4) is 0 Å². The van der Waals surface area contributed by atoms with Crippen molar-refractivity contribution in [2.45, 2.75) is 19.4 Å². The third-order valence-electron chi connectivity index (χ3n) is 3.70. The van der Waals surface area contributed by atoms with E-state index in [1.807, 2.05) is 29.9 Å². The SMILES string of the molecule is Cc1ccc(C(=O)NCCC(O)c2cccn2C)cc1[N+](=O)[O-]. The molecule has 0 fully saturated rings. The number of rotatable bonds is 6. The number of aryl methyl sites for hydroxylation is 2. The molecule has 122 valence electrons. The molecule has 0 aliphatic carbocycles. The summed E-state index contributed by atoms with van der Waals surface area (Å²) >= 11 is 0. The van der Waals surface area contributed by atoms with Crippen molar-refractivity contribution in [3.05, 3.63) is 63.5 Å². The number of aromatic nitrogens is 1. The van der Waals surface area contributed by atoms with Gasteiger partial charge in [0.25, 0.3) is 11.6 Å². The predicted molar refractivity (Wildman–Crippen MR) is 85.2 cm³/mol. The number of nitrogens with zero attached hydrogens (tertiary/aromatic N) is 2. The van der Waals surface area contributed by atoms with E-state index in [-0.39, 0.29) is 17.8 Å². The van der Waals surface area contributed by atoms with Crippen LogP contribution < -0.4 is 5.32 Å². The van der Waals surface area contributed by atoms with Gasteiger partial charge in [-0.15, -0.1) is 0 Å². The van der Waals surface area contributed by atoms with E-state index in [1.54, 1.807) is 19.1 Å². The summed E-state index contributed by atoms with van der Waals surface area (Å²) in [6.45, 7) is 1.89. The van der Waals surface area contributed by atoms with Crippen LogP contribution >= 0.6 is 0 Å². The van der Waals surface area contributed by atoms with Gasteiger partial charge in [-0.05, 0) is 31.5 Å². The zero-order chi connectivity index (χ0) is 17.0. The zero-order valence-electron chi connectivity index (χ0n) is 13.0. The molecular weight excluding hydrogens is 298 g/mol. The molecule has 1 amide bonds. The van der Waals surface area contributed by atoms with Crippen LogP contribution in [0.15, 0.2) is 36.5 Å². The molecule has 2 N–H and O–H groups in total. The molecular formula is C16H19N3O4. The maximum Gasteiger partial charge on any atom is 0.273 e. The summed E-state index contributed by atoms with van der Waals surface area (Å²) in [7, 11) is 1.84. The van der Waals surface area contributed by atoms with Crippen molar-refractivity contribution in [1.82, 2.24) is 9.88 Å². The number of carbonyl (C=O) groups is 1. The molecule has 0 spiro atoms. The Kier molecular flexibility index (Phi) is 5.13. The molecule has 2 rings (SSSR count). The summed E-state index contributed by atoms with van der Waals surface area (Å²) in [6, 6.07) is 8.01. The van der Waals surface area contributed by atoms with Gasteiger partial charge in [-0.3, -0.25) is 14.9 Å². The minimum absolute atomic E-state index is 0.0819. The highest BCUT2D eigenvalue weighted by Crippen LogP contribution is 2.19. The van der Waals surface area contributed by atoms with Crippen LogP contribution in [0, 0.1) is 17.0 Å². The Hall–Kier alpha value is -2.67. The van der Waals surface area contributed by atoms with E-state index < -0.39 is 16.9 Å². The molecule has 0 bridgehead atoms. The van der Waals surface area contributed by atoms with Gasteiger partial charge in [0.05, 0.1) is 11.0 Å². The fraction of sp³-hybridized carbons (Fsp3) is 0.312. The average molecular weight is 317 g/mol. The number of hydrogen-bond donors (Lipinski definition) is 2. The molecule has 7 heteroatoms. The number of amides is 1. The van der Waals surface area contributed by atoms with Crippen molar-refractivity contribution < 1.29 is 14.8 Å².